The summed E-state index contributed by atoms with van der Waals surface area (Å²) in [6.45, 7) is 8.18. The summed E-state index contributed by atoms with van der Waals surface area (Å²) in [5, 5.41) is 0. The van der Waals surface area contributed by atoms with Crippen LogP contribution in [0.25, 0.3) is 0 Å². The second-order valence-corrected chi connectivity index (χ2v) is 3.37. The van der Waals surface area contributed by atoms with E-state index in [4.69, 9.17) is 9.47 Å². The zero-order valence-electron chi connectivity index (χ0n) is 9.71. The maximum absolute atomic E-state index is 11.5. The fraction of sp³-hybridized carbons (Fsp3) is 0.909. The van der Waals surface area contributed by atoms with Gasteiger partial charge in [-0.3, -0.25) is 4.79 Å². The Morgan fingerprint density at radius 3 is 2.43 bits per heavy atom. The van der Waals surface area contributed by atoms with E-state index < -0.39 is 0 Å². The Hall–Kier alpha value is -0.410. The van der Waals surface area contributed by atoms with Crippen molar-refractivity contribution in [1.29, 1.82) is 0 Å². The minimum absolute atomic E-state index is 0.165. The molecule has 0 N–H and O–H groups in total. The smallest absolute Gasteiger partial charge is 0.161 e. The number of carbonyl (C=O) groups is 1. The quantitative estimate of drug-likeness (QED) is 0.567. The zero-order valence-corrected chi connectivity index (χ0v) is 9.71. The van der Waals surface area contributed by atoms with Gasteiger partial charge in [-0.15, -0.1) is 0 Å². The summed E-state index contributed by atoms with van der Waals surface area (Å²) < 4.78 is 10.6. The van der Waals surface area contributed by atoms with Crippen molar-refractivity contribution in [3.63, 3.8) is 0 Å². The highest BCUT2D eigenvalue weighted by Crippen LogP contribution is 2.05. The average molecular weight is 202 g/mol. The SMILES string of the molecule is CCCCC(=O)[C@H](C)OC(C)OCC. The Morgan fingerprint density at radius 2 is 1.93 bits per heavy atom. The molecule has 0 aromatic rings. The van der Waals surface area contributed by atoms with Crippen LogP contribution in [0.1, 0.15) is 47.0 Å². The van der Waals surface area contributed by atoms with E-state index in [9.17, 15) is 4.79 Å². The molecule has 14 heavy (non-hydrogen) atoms. The number of ether oxygens (including phenoxy) is 2. The Morgan fingerprint density at radius 1 is 1.29 bits per heavy atom. The normalized spacial score (nSPS) is 15.1. The summed E-state index contributed by atoms with van der Waals surface area (Å²) in [4.78, 5) is 11.5. The van der Waals surface area contributed by atoms with Crippen LogP contribution in [-0.2, 0) is 14.3 Å². The van der Waals surface area contributed by atoms with Crippen LogP contribution in [0.2, 0.25) is 0 Å². The summed E-state index contributed by atoms with van der Waals surface area (Å²) in [5.41, 5.74) is 0. The Balaban J connectivity index is 3.70. The first kappa shape index (κ1) is 13.6. The van der Waals surface area contributed by atoms with Crippen LogP contribution in [0.4, 0.5) is 0 Å². The summed E-state index contributed by atoms with van der Waals surface area (Å²) in [6, 6.07) is 0. The summed E-state index contributed by atoms with van der Waals surface area (Å²) >= 11 is 0. The number of rotatable bonds is 8. The van der Waals surface area contributed by atoms with Gasteiger partial charge in [0.25, 0.3) is 0 Å². The van der Waals surface area contributed by atoms with Gasteiger partial charge in [-0.05, 0) is 27.2 Å². The number of ketones is 1. The second kappa shape index (κ2) is 7.94. The third kappa shape index (κ3) is 6.11. The fourth-order valence-electron chi connectivity index (χ4n) is 1.19. The van der Waals surface area contributed by atoms with Crippen LogP contribution in [0.3, 0.4) is 0 Å². The third-order valence-corrected chi connectivity index (χ3v) is 2.03. The molecule has 0 fully saturated rings. The number of hydrogen-bond acceptors (Lipinski definition) is 3. The van der Waals surface area contributed by atoms with E-state index >= 15 is 0 Å². The molecule has 0 aromatic carbocycles. The highest BCUT2D eigenvalue weighted by atomic mass is 16.7. The van der Waals surface area contributed by atoms with Crippen LogP contribution in [-0.4, -0.2) is 24.8 Å². The molecular weight excluding hydrogens is 180 g/mol. The molecule has 3 nitrogen and oxygen atoms in total. The average Bonchev–Trinajstić information content (AvgIpc) is 2.14. The monoisotopic (exact) mass is 202 g/mol. The molecule has 0 aliphatic heterocycles. The standard InChI is InChI=1S/C11H22O3/c1-5-7-8-11(12)9(3)14-10(4)13-6-2/h9-10H,5-8H2,1-4H3/t9-,10?/m0/s1. The first-order chi connectivity index (χ1) is 6.61. The first-order valence-corrected chi connectivity index (χ1v) is 5.41. The molecule has 0 aliphatic rings. The van der Waals surface area contributed by atoms with Crippen molar-refractivity contribution in [3.8, 4) is 0 Å². The highest BCUT2D eigenvalue weighted by Gasteiger charge is 2.15. The molecule has 0 aliphatic carbocycles. The fourth-order valence-corrected chi connectivity index (χ4v) is 1.19. The van der Waals surface area contributed by atoms with E-state index in [0.717, 1.165) is 12.8 Å². The van der Waals surface area contributed by atoms with Gasteiger partial charge in [-0.1, -0.05) is 13.3 Å². The predicted octanol–water partition coefficient (Wildman–Crippen LogP) is 2.53. The molecule has 0 aromatic heterocycles. The van der Waals surface area contributed by atoms with E-state index in [-0.39, 0.29) is 18.2 Å². The number of Topliss-reactive ketones (excluding diaryl/α,β-unsaturated/α-hetero) is 1. The Bertz CT molecular complexity index is 157. The van der Waals surface area contributed by atoms with Gasteiger partial charge in [0.05, 0.1) is 0 Å². The van der Waals surface area contributed by atoms with Crippen molar-refractivity contribution in [1.82, 2.24) is 0 Å². The van der Waals surface area contributed by atoms with Crippen molar-refractivity contribution in [2.24, 2.45) is 0 Å². The van der Waals surface area contributed by atoms with Crippen molar-refractivity contribution >= 4 is 5.78 Å². The van der Waals surface area contributed by atoms with Gasteiger partial charge in [0.15, 0.2) is 12.1 Å². The van der Waals surface area contributed by atoms with E-state index in [1.807, 2.05) is 13.8 Å². The van der Waals surface area contributed by atoms with Gasteiger partial charge >= 0.3 is 0 Å². The zero-order chi connectivity index (χ0) is 11.0. The third-order valence-electron chi connectivity index (χ3n) is 2.03. The number of unbranched alkanes of at least 4 members (excludes halogenated alkanes) is 1. The molecule has 0 amide bonds. The first-order valence-electron chi connectivity index (χ1n) is 5.41. The molecule has 0 rings (SSSR count). The molecule has 0 spiro atoms. The molecule has 0 bridgehead atoms. The van der Waals surface area contributed by atoms with Crippen LogP contribution in [0.15, 0.2) is 0 Å². The summed E-state index contributed by atoms with van der Waals surface area (Å²) in [5.74, 6) is 0.165. The molecular formula is C11H22O3. The Kier molecular flexibility index (Phi) is 7.71. The molecule has 0 saturated heterocycles. The van der Waals surface area contributed by atoms with Crippen molar-refractivity contribution < 1.29 is 14.3 Å². The minimum Gasteiger partial charge on any atom is -0.353 e. The number of carbonyl (C=O) groups excluding carboxylic acids is 1. The predicted molar refractivity (Wildman–Crippen MR) is 56.2 cm³/mol. The van der Waals surface area contributed by atoms with Gasteiger partial charge in [0, 0.05) is 13.0 Å². The van der Waals surface area contributed by atoms with Crippen LogP contribution < -0.4 is 0 Å². The van der Waals surface area contributed by atoms with Crippen LogP contribution in [0, 0.1) is 0 Å². The molecule has 3 heteroatoms. The maximum atomic E-state index is 11.5. The lowest BCUT2D eigenvalue weighted by molar-refractivity contribution is -0.166. The molecule has 84 valence electrons. The topological polar surface area (TPSA) is 35.5 Å². The van der Waals surface area contributed by atoms with Crippen LogP contribution in [0.5, 0.6) is 0 Å². The second-order valence-electron chi connectivity index (χ2n) is 3.37. The molecule has 0 radical (unpaired) electrons. The van der Waals surface area contributed by atoms with Crippen molar-refractivity contribution in [2.75, 3.05) is 6.61 Å². The molecule has 0 saturated carbocycles. The van der Waals surface area contributed by atoms with Crippen molar-refractivity contribution in [2.45, 2.75) is 59.4 Å². The lowest BCUT2D eigenvalue weighted by Gasteiger charge is -2.17. The van der Waals surface area contributed by atoms with E-state index in [0.29, 0.717) is 13.0 Å². The molecule has 1 unspecified atom stereocenters. The summed E-state index contributed by atoms with van der Waals surface area (Å²) in [7, 11) is 0. The minimum atomic E-state index is -0.344. The largest absolute Gasteiger partial charge is 0.353 e. The lowest BCUT2D eigenvalue weighted by Crippen LogP contribution is -2.26. The summed E-state index contributed by atoms with van der Waals surface area (Å²) in [6.07, 6.45) is 1.95. The van der Waals surface area contributed by atoms with E-state index in [1.54, 1.807) is 6.92 Å². The van der Waals surface area contributed by atoms with Gasteiger partial charge in [-0.25, -0.2) is 0 Å². The Labute approximate surface area is 86.8 Å². The van der Waals surface area contributed by atoms with E-state index in [2.05, 4.69) is 6.92 Å². The van der Waals surface area contributed by atoms with Gasteiger partial charge in [0.2, 0.25) is 0 Å². The van der Waals surface area contributed by atoms with Gasteiger partial charge in [0.1, 0.15) is 6.10 Å². The van der Waals surface area contributed by atoms with Crippen molar-refractivity contribution in [3.05, 3.63) is 0 Å². The molecule has 2 atom stereocenters. The van der Waals surface area contributed by atoms with Gasteiger partial charge in [-0.2, -0.15) is 0 Å². The lowest BCUT2D eigenvalue weighted by atomic mass is 10.1. The van der Waals surface area contributed by atoms with Gasteiger partial charge < -0.3 is 9.47 Å². The van der Waals surface area contributed by atoms with Crippen LogP contribution >= 0.6 is 0 Å². The highest BCUT2D eigenvalue weighted by molar-refractivity contribution is 5.82. The number of hydrogen-bond donors (Lipinski definition) is 0. The van der Waals surface area contributed by atoms with E-state index in [1.165, 1.54) is 0 Å². The maximum Gasteiger partial charge on any atom is 0.161 e. The molecule has 0 heterocycles.